The summed E-state index contributed by atoms with van der Waals surface area (Å²) in [4.78, 5) is 31.2. The van der Waals surface area contributed by atoms with E-state index in [1.807, 2.05) is 24.3 Å². The Balaban J connectivity index is 2.23. The molecule has 2 aromatic heterocycles. The van der Waals surface area contributed by atoms with E-state index in [2.05, 4.69) is 9.97 Å². The number of aromatic nitrogens is 2. The van der Waals surface area contributed by atoms with Gasteiger partial charge in [-0.3, -0.25) is 9.59 Å². The van der Waals surface area contributed by atoms with Crippen LogP contribution in [0.15, 0.2) is 42.5 Å². The van der Waals surface area contributed by atoms with Crippen LogP contribution >= 0.6 is 0 Å². The second-order valence-electron chi connectivity index (χ2n) is 5.63. The molecule has 2 heterocycles. The summed E-state index contributed by atoms with van der Waals surface area (Å²) in [5, 5.41) is 10.5. The van der Waals surface area contributed by atoms with Crippen molar-refractivity contribution < 1.29 is 14.7 Å². The molecule has 4 aromatic rings. The number of carbonyl (C=O) groups excluding carboxylic acids is 1. The number of primary amides is 1. The van der Waals surface area contributed by atoms with Crippen LogP contribution in [0.3, 0.4) is 0 Å². The number of aromatic amines is 1. The molecule has 4 N–H and O–H groups in total. The standard InChI is InChI=1S/C18H13N3O3/c19-18(24)15-14-9(8-13(22)23)4-3-7-12(14)21-16-10-5-1-2-6-11(10)20-17(15)16/h1-7,20H,8H2,(H2,19,24)(H,22,23). The van der Waals surface area contributed by atoms with Gasteiger partial charge in [-0.15, -0.1) is 0 Å². The molecule has 0 unspecified atom stereocenters. The highest BCUT2D eigenvalue weighted by Gasteiger charge is 2.20. The summed E-state index contributed by atoms with van der Waals surface area (Å²) in [5.41, 5.74) is 9.02. The van der Waals surface area contributed by atoms with Crippen LogP contribution in [-0.2, 0) is 11.2 Å². The summed E-state index contributed by atoms with van der Waals surface area (Å²) in [6.07, 6.45) is -0.203. The normalized spacial score (nSPS) is 11.3. The van der Waals surface area contributed by atoms with Crippen LogP contribution in [0.2, 0.25) is 0 Å². The number of rotatable bonds is 3. The molecule has 0 bridgehead atoms. The Labute approximate surface area is 135 Å². The van der Waals surface area contributed by atoms with Crippen LogP contribution in [0.5, 0.6) is 0 Å². The van der Waals surface area contributed by atoms with Gasteiger partial charge in [0.05, 0.1) is 28.5 Å². The first-order valence-electron chi connectivity index (χ1n) is 7.40. The predicted octanol–water partition coefficient (Wildman–Crippen LogP) is 2.60. The number of benzene rings is 2. The number of pyridine rings is 1. The molecule has 0 fully saturated rings. The van der Waals surface area contributed by atoms with Crippen molar-refractivity contribution in [1.29, 1.82) is 0 Å². The minimum absolute atomic E-state index is 0.203. The number of carboxylic acids is 1. The largest absolute Gasteiger partial charge is 0.481 e. The SMILES string of the molecule is NC(=O)c1c2[nH]c3ccccc3c2nc2cccc(CC(=O)O)c12. The molecule has 1 amide bonds. The van der Waals surface area contributed by atoms with Crippen molar-refractivity contribution in [3.8, 4) is 0 Å². The van der Waals surface area contributed by atoms with Crippen LogP contribution in [-0.4, -0.2) is 27.0 Å². The van der Waals surface area contributed by atoms with E-state index in [4.69, 9.17) is 10.8 Å². The van der Waals surface area contributed by atoms with Crippen LogP contribution in [0, 0.1) is 0 Å². The second-order valence-corrected chi connectivity index (χ2v) is 5.63. The number of aliphatic carboxylic acids is 1. The topological polar surface area (TPSA) is 109 Å². The van der Waals surface area contributed by atoms with Crippen molar-refractivity contribution in [2.75, 3.05) is 0 Å². The van der Waals surface area contributed by atoms with E-state index in [-0.39, 0.29) is 12.0 Å². The third-order valence-electron chi connectivity index (χ3n) is 4.13. The summed E-state index contributed by atoms with van der Waals surface area (Å²) in [7, 11) is 0. The van der Waals surface area contributed by atoms with Gasteiger partial charge < -0.3 is 15.8 Å². The molecule has 6 nitrogen and oxygen atoms in total. The minimum Gasteiger partial charge on any atom is -0.481 e. The molecule has 24 heavy (non-hydrogen) atoms. The Morgan fingerprint density at radius 3 is 2.67 bits per heavy atom. The molecule has 0 saturated carbocycles. The van der Waals surface area contributed by atoms with E-state index in [1.54, 1.807) is 18.2 Å². The van der Waals surface area contributed by atoms with E-state index in [9.17, 15) is 9.59 Å². The highest BCUT2D eigenvalue weighted by Crippen LogP contribution is 2.32. The van der Waals surface area contributed by atoms with Gasteiger partial charge in [-0.1, -0.05) is 30.3 Å². The maximum absolute atomic E-state index is 12.2. The highest BCUT2D eigenvalue weighted by molar-refractivity contribution is 6.20. The molecule has 0 atom stereocenters. The maximum atomic E-state index is 12.2. The van der Waals surface area contributed by atoms with Gasteiger partial charge >= 0.3 is 5.97 Å². The number of carbonyl (C=O) groups is 2. The van der Waals surface area contributed by atoms with E-state index < -0.39 is 11.9 Å². The fourth-order valence-corrected chi connectivity index (χ4v) is 3.19. The molecule has 118 valence electrons. The van der Waals surface area contributed by atoms with E-state index in [0.717, 1.165) is 10.9 Å². The Morgan fingerprint density at radius 2 is 1.92 bits per heavy atom. The summed E-state index contributed by atoms with van der Waals surface area (Å²) in [6, 6.07) is 12.8. The zero-order valence-electron chi connectivity index (χ0n) is 12.5. The minimum atomic E-state index is -0.977. The summed E-state index contributed by atoms with van der Waals surface area (Å²) >= 11 is 0. The Hall–Kier alpha value is -3.41. The van der Waals surface area contributed by atoms with Crippen LogP contribution in [0.1, 0.15) is 15.9 Å². The second kappa shape index (κ2) is 5.06. The molecule has 0 aliphatic rings. The number of fused-ring (bicyclic) bond motifs is 4. The molecule has 4 rings (SSSR count). The van der Waals surface area contributed by atoms with Crippen LogP contribution < -0.4 is 5.73 Å². The van der Waals surface area contributed by atoms with Gasteiger partial charge in [-0.2, -0.15) is 0 Å². The number of nitrogens with two attached hydrogens (primary N) is 1. The third kappa shape index (κ3) is 2.00. The molecule has 0 spiro atoms. The molecule has 0 aliphatic heterocycles. The Morgan fingerprint density at radius 1 is 1.12 bits per heavy atom. The number of para-hydroxylation sites is 1. The van der Waals surface area contributed by atoms with Crippen molar-refractivity contribution in [2.45, 2.75) is 6.42 Å². The van der Waals surface area contributed by atoms with Gasteiger partial charge in [-0.05, 0) is 17.7 Å². The molecule has 0 saturated heterocycles. The molecule has 6 heteroatoms. The lowest BCUT2D eigenvalue weighted by atomic mass is 9.99. The molecular weight excluding hydrogens is 306 g/mol. The zero-order valence-corrected chi connectivity index (χ0v) is 12.5. The van der Waals surface area contributed by atoms with Crippen molar-refractivity contribution >= 4 is 44.7 Å². The van der Waals surface area contributed by atoms with Gasteiger partial charge in [-0.25, -0.2) is 4.98 Å². The summed E-state index contributed by atoms with van der Waals surface area (Å²) in [5.74, 6) is -1.59. The van der Waals surface area contributed by atoms with E-state index >= 15 is 0 Å². The fraction of sp³-hybridized carbons (Fsp3) is 0.0556. The fourth-order valence-electron chi connectivity index (χ4n) is 3.19. The zero-order chi connectivity index (χ0) is 16.8. The van der Waals surface area contributed by atoms with Crippen molar-refractivity contribution in [1.82, 2.24) is 9.97 Å². The average molecular weight is 319 g/mol. The van der Waals surface area contributed by atoms with Crippen LogP contribution in [0.25, 0.3) is 32.8 Å². The van der Waals surface area contributed by atoms with Gasteiger partial charge in [0.25, 0.3) is 5.91 Å². The van der Waals surface area contributed by atoms with Gasteiger partial charge in [0, 0.05) is 16.3 Å². The third-order valence-corrected chi connectivity index (χ3v) is 4.13. The van der Waals surface area contributed by atoms with E-state index in [0.29, 0.717) is 27.5 Å². The van der Waals surface area contributed by atoms with Crippen LogP contribution in [0.4, 0.5) is 0 Å². The monoisotopic (exact) mass is 319 g/mol. The van der Waals surface area contributed by atoms with Gasteiger partial charge in [0.15, 0.2) is 0 Å². The number of hydrogen-bond acceptors (Lipinski definition) is 3. The van der Waals surface area contributed by atoms with Gasteiger partial charge in [0.1, 0.15) is 0 Å². The smallest absolute Gasteiger partial charge is 0.307 e. The number of hydrogen-bond donors (Lipinski definition) is 3. The number of nitrogens with one attached hydrogen (secondary N) is 1. The number of nitrogens with zero attached hydrogens (tertiary/aromatic N) is 1. The lowest BCUT2D eigenvalue weighted by Gasteiger charge is -2.09. The molecule has 0 radical (unpaired) electrons. The maximum Gasteiger partial charge on any atom is 0.307 e. The molecular formula is C18H13N3O3. The van der Waals surface area contributed by atoms with E-state index in [1.165, 1.54) is 0 Å². The van der Waals surface area contributed by atoms with Crippen molar-refractivity contribution in [3.63, 3.8) is 0 Å². The first-order valence-corrected chi connectivity index (χ1v) is 7.40. The summed E-state index contributed by atoms with van der Waals surface area (Å²) in [6.45, 7) is 0. The van der Waals surface area contributed by atoms with Crippen molar-refractivity contribution in [3.05, 3.63) is 53.6 Å². The molecule has 0 aliphatic carbocycles. The lowest BCUT2D eigenvalue weighted by Crippen LogP contribution is -2.14. The Bertz CT molecular complexity index is 1140. The Kier molecular flexibility index (Phi) is 2.99. The first kappa shape index (κ1) is 14.2. The quantitative estimate of drug-likeness (QED) is 0.539. The first-order chi connectivity index (χ1) is 11.6. The lowest BCUT2D eigenvalue weighted by molar-refractivity contribution is -0.136. The highest BCUT2D eigenvalue weighted by atomic mass is 16.4. The number of H-pyrrole nitrogens is 1. The number of amides is 1. The number of carboxylic acid groups (broad SMARTS) is 1. The van der Waals surface area contributed by atoms with Crippen molar-refractivity contribution in [2.24, 2.45) is 5.73 Å². The molecule has 2 aromatic carbocycles. The predicted molar refractivity (Wildman–Crippen MR) is 91.0 cm³/mol. The average Bonchev–Trinajstić information content (AvgIpc) is 2.90. The van der Waals surface area contributed by atoms with Gasteiger partial charge in [0.2, 0.25) is 0 Å². The summed E-state index contributed by atoms with van der Waals surface area (Å²) < 4.78 is 0.